The van der Waals surface area contributed by atoms with Crippen LogP contribution in [-0.2, 0) is 6.42 Å². The Morgan fingerprint density at radius 2 is 2.14 bits per heavy atom. The van der Waals surface area contributed by atoms with Crippen LogP contribution in [0.5, 0.6) is 5.75 Å². The molecule has 0 atom stereocenters. The molecule has 1 rings (SSSR count). The second-order valence-electron chi connectivity index (χ2n) is 3.21. The third-order valence-corrected chi connectivity index (χ3v) is 2.14. The van der Waals surface area contributed by atoms with Crippen molar-refractivity contribution in [3.63, 3.8) is 0 Å². The van der Waals surface area contributed by atoms with Gasteiger partial charge in [0.15, 0.2) is 11.6 Å². The normalized spacial score (nSPS) is 10.2. The number of unbranched alkanes of at least 4 members (excludes halogenated alkanes) is 1. The number of nitrogens with two attached hydrogens (primary N) is 1. The molecule has 2 N–H and O–H groups in total. The molecule has 14 heavy (non-hydrogen) atoms. The zero-order valence-corrected chi connectivity index (χ0v) is 8.42. The molecule has 2 nitrogen and oxygen atoms in total. The van der Waals surface area contributed by atoms with Crippen molar-refractivity contribution in [1.82, 2.24) is 0 Å². The number of hydrogen-bond acceptors (Lipinski definition) is 2. The third kappa shape index (κ3) is 3.00. The van der Waals surface area contributed by atoms with E-state index >= 15 is 0 Å². The molecular weight excluding hydrogens is 181 g/mol. The van der Waals surface area contributed by atoms with Crippen LogP contribution in [0, 0.1) is 5.82 Å². The van der Waals surface area contributed by atoms with Gasteiger partial charge in [0.1, 0.15) is 0 Å². The van der Waals surface area contributed by atoms with Crippen LogP contribution < -0.4 is 10.5 Å². The lowest BCUT2D eigenvalue weighted by molar-refractivity contribution is 0.386. The lowest BCUT2D eigenvalue weighted by atomic mass is 10.1. The lowest BCUT2D eigenvalue weighted by Gasteiger charge is -2.05. The summed E-state index contributed by atoms with van der Waals surface area (Å²) in [5.41, 5.74) is 6.48. The zero-order chi connectivity index (χ0) is 10.4. The van der Waals surface area contributed by atoms with Crippen molar-refractivity contribution in [3.05, 3.63) is 29.6 Å². The molecule has 0 aliphatic heterocycles. The first-order chi connectivity index (χ1) is 6.77. The average molecular weight is 197 g/mol. The van der Waals surface area contributed by atoms with Crippen molar-refractivity contribution >= 4 is 0 Å². The van der Waals surface area contributed by atoms with Crippen molar-refractivity contribution in [2.24, 2.45) is 5.73 Å². The number of benzene rings is 1. The maximum atomic E-state index is 13.0. The van der Waals surface area contributed by atoms with Gasteiger partial charge in [0, 0.05) is 0 Å². The Balaban J connectivity index is 2.60. The van der Waals surface area contributed by atoms with E-state index < -0.39 is 0 Å². The molecule has 0 amide bonds. The van der Waals surface area contributed by atoms with E-state index in [-0.39, 0.29) is 5.82 Å². The van der Waals surface area contributed by atoms with Crippen LogP contribution in [0.15, 0.2) is 18.2 Å². The summed E-state index contributed by atoms with van der Waals surface area (Å²) >= 11 is 0. The molecule has 0 bridgehead atoms. The van der Waals surface area contributed by atoms with Crippen LogP contribution in [0.3, 0.4) is 0 Å². The second kappa shape index (κ2) is 5.60. The topological polar surface area (TPSA) is 35.2 Å². The van der Waals surface area contributed by atoms with Crippen LogP contribution in [0.1, 0.15) is 18.4 Å². The molecule has 1 aromatic carbocycles. The summed E-state index contributed by atoms with van der Waals surface area (Å²) in [4.78, 5) is 0. The molecule has 0 radical (unpaired) electrons. The van der Waals surface area contributed by atoms with Crippen LogP contribution in [0.4, 0.5) is 4.39 Å². The minimum atomic E-state index is -0.310. The fourth-order valence-electron chi connectivity index (χ4n) is 1.33. The van der Waals surface area contributed by atoms with Crippen molar-refractivity contribution in [3.8, 4) is 5.75 Å². The molecule has 0 heterocycles. The van der Waals surface area contributed by atoms with E-state index in [1.807, 2.05) is 0 Å². The molecular formula is C11H16FNO. The fourth-order valence-corrected chi connectivity index (χ4v) is 1.33. The molecule has 0 aromatic heterocycles. The first-order valence-corrected chi connectivity index (χ1v) is 4.80. The Morgan fingerprint density at radius 3 is 2.79 bits per heavy atom. The summed E-state index contributed by atoms with van der Waals surface area (Å²) in [6.45, 7) is 0.707. The van der Waals surface area contributed by atoms with E-state index in [9.17, 15) is 4.39 Å². The van der Waals surface area contributed by atoms with E-state index in [0.717, 1.165) is 24.8 Å². The minimum Gasteiger partial charge on any atom is -0.494 e. The number of methoxy groups -OCH3 is 1. The Hall–Kier alpha value is -1.09. The summed E-state index contributed by atoms with van der Waals surface area (Å²) in [6, 6.07) is 4.97. The third-order valence-electron chi connectivity index (χ3n) is 2.14. The monoisotopic (exact) mass is 197 g/mol. The Bertz CT molecular complexity index is 289. The van der Waals surface area contributed by atoms with Gasteiger partial charge in [-0.15, -0.1) is 0 Å². The smallest absolute Gasteiger partial charge is 0.165 e. The number of ether oxygens (including phenoxy) is 1. The average Bonchev–Trinajstić information content (AvgIpc) is 2.21. The van der Waals surface area contributed by atoms with Crippen LogP contribution in [-0.4, -0.2) is 13.7 Å². The predicted octanol–water partition coefficient (Wildman–Crippen LogP) is 2.12. The SMILES string of the molecule is COc1cc(CCCCN)ccc1F. The Labute approximate surface area is 83.9 Å². The molecule has 3 heteroatoms. The number of rotatable bonds is 5. The van der Waals surface area contributed by atoms with Gasteiger partial charge in [-0.1, -0.05) is 6.07 Å². The van der Waals surface area contributed by atoms with E-state index in [1.54, 1.807) is 12.1 Å². The summed E-state index contributed by atoms with van der Waals surface area (Å²) in [7, 11) is 1.47. The first kappa shape index (κ1) is 11.0. The van der Waals surface area contributed by atoms with Gasteiger partial charge in [0.05, 0.1) is 7.11 Å². The van der Waals surface area contributed by atoms with Crippen molar-refractivity contribution < 1.29 is 9.13 Å². The molecule has 0 unspecified atom stereocenters. The Kier molecular flexibility index (Phi) is 4.40. The van der Waals surface area contributed by atoms with E-state index in [2.05, 4.69) is 0 Å². The van der Waals surface area contributed by atoms with Gasteiger partial charge in [-0.3, -0.25) is 0 Å². The van der Waals surface area contributed by atoms with Gasteiger partial charge in [0.2, 0.25) is 0 Å². The summed E-state index contributed by atoms with van der Waals surface area (Å²) < 4.78 is 17.9. The van der Waals surface area contributed by atoms with Gasteiger partial charge in [-0.2, -0.15) is 0 Å². The van der Waals surface area contributed by atoms with E-state index in [0.29, 0.717) is 12.3 Å². The second-order valence-corrected chi connectivity index (χ2v) is 3.21. The summed E-state index contributed by atoms with van der Waals surface area (Å²) in [5, 5.41) is 0. The van der Waals surface area contributed by atoms with Gasteiger partial charge >= 0.3 is 0 Å². The highest BCUT2D eigenvalue weighted by molar-refractivity contribution is 5.30. The van der Waals surface area contributed by atoms with Crippen molar-refractivity contribution in [2.75, 3.05) is 13.7 Å². The highest BCUT2D eigenvalue weighted by Crippen LogP contribution is 2.19. The summed E-state index contributed by atoms with van der Waals surface area (Å²) in [6.07, 6.45) is 2.96. The quantitative estimate of drug-likeness (QED) is 0.734. The maximum Gasteiger partial charge on any atom is 0.165 e. The maximum absolute atomic E-state index is 13.0. The molecule has 0 aliphatic carbocycles. The zero-order valence-electron chi connectivity index (χ0n) is 8.42. The van der Waals surface area contributed by atoms with E-state index in [1.165, 1.54) is 13.2 Å². The van der Waals surface area contributed by atoms with Crippen molar-refractivity contribution in [2.45, 2.75) is 19.3 Å². The molecule has 0 saturated heterocycles. The van der Waals surface area contributed by atoms with Gasteiger partial charge in [-0.05, 0) is 43.5 Å². The highest BCUT2D eigenvalue weighted by atomic mass is 19.1. The molecule has 0 fully saturated rings. The number of aryl methyl sites for hydroxylation is 1. The van der Waals surface area contributed by atoms with E-state index in [4.69, 9.17) is 10.5 Å². The van der Waals surface area contributed by atoms with Crippen LogP contribution in [0.25, 0.3) is 0 Å². The number of hydrogen-bond donors (Lipinski definition) is 1. The lowest BCUT2D eigenvalue weighted by Crippen LogP contribution is -1.99. The largest absolute Gasteiger partial charge is 0.494 e. The van der Waals surface area contributed by atoms with Gasteiger partial charge in [-0.25, -0.2) is 4.39 Å². The van der Waals surface area contributed by atoms with Crippen LogP contribution in [0.2, 0.25) is 0 Å². The minimum absolute atomic E-state index is 0.310. The van der Waals surface area contributed by atoms with Gasteiger partial charge < -0.3 is 10.5 Å². The Morgan fingerprint density at radius 1 is 1.36 bits per heavy atom. The molecule has 0 spiro atoms. The molecule has 78 valence electrons. The summed E-state index contributed by atoms with van der Waals surface area (Å²) in [5.74, 6) is 0.00493. The molecule has 1 aromatic rings. The highest BCUT2D eigenvalue weighted by Gasteiger charge is 2.02. The standard InChI is InChI=1S/C11H16FNO/c1-14-11-8-9(4-2-3-7-13)5-6-10(11)12/h5-6,8H,2-4,7,13H2,1H3. The van der Waals surface area contributed by atoms with Gasteiger partial charge in [0.25, 0.3) is 0 Å². The number of halogens is 1. The fraction of sp³-hybridized carbons (Fsp3) is 0.455. The predicted molar refractivity (Wildman–Crippen MR) is 54.9 cm³/mol. The first-order valence-electron chi connectivity index (χ1n) is 4.80. The molecule has 0 saturated carbocycles. The van der Waals surface area contributed by atoms with Crippen molar-refractivity contribution in [1.29, 1.82) is 0 Å². The van der Waals surface area contributed by atoms with Crippen LogP contribution >= 0.6 is 0 Å². The molecule has 0 aliphatic rings.